The Kier molecular flexibility index (Phi) is 8.60. The number of amides is 2. The molecular formula is C16H23IN4O2. The molecule has 1 saturated heterocycles. The lowest BCUT2D eigenvalue weighted by molar-refractivity contribution is -0.147. The Labute approximate surface area is 153 Å². The summed E-state index contributed by atoms with van der Waals surface area (Å²) in [4.78, 5) is 28.8. The van der Waals surface area contributed by atoms with Crippen molar-refractivity contribution in [1.82, 2.24) is 10.2 Å². The highest BCUT2D eigenvalue weighted by Crippen LogP contribution is 2.11. The fourth-order valence-corrected chi connectivity index (χ4v) is 2.35. The Morgan fingerprint density at radius 3 is 2.48 bits per heavy atom. The molecule has 2 rings (SSSR count). The average molecular weight is 430 g/mol. The largest absolute Gasteiger partial charge is 0.370 e. The summed E-state index contributed by atoms with van der Waals surface area (Å²) in [7, 11) is 0. The van der Waals surface area contributed by atoms with Gasteiger partial charge in [-0.15, -0.1) is 24.0 Å². The number of nitrogens with two attached hydrogens (primary N) is 1. The number of aliphatic imine (C=N–C) groups is 1. The van der Waals surface area contributed by atoms with E-state index in [-0.39, 0.29) is 35.8 Å². The van der Waals surface area contributed by atoms with E-state index >= 15 is 0 Å². The van der Waals surface area contributed by atoms with Gasteiger partial charge in [-0.05, 0) is 18.4 Å². The third-order valence-corrected chi connectivity index (χ3v) is 3.55. The number of nitrogens with zero attached hydrogens (tertiary/aromatic N) is 2. The van der Waals surface area contributed by atoms with Crippen LogP contribution in [0.1, 0.15) is 24.8 Å². The first kappa shape index (κ1) is 19.4. The first-order valence-electron chi connectivity index (χ1n) is 7.58. The lowest BCUT2D eigenvalue weighted by Gasteiger charge is -2.24. The Morgan fingerprint density at radius 1 is 1.17 bits per heavy atom. The molecule has 2 amide bonds. The van der Waals surface area contributed by atoms with Gasteiger partial charge in [0.2, 0.25) is 11.8 Å². The molecule has 0 aliphatic carbocycles. The molecule has 1 fully saturated rings. The molecule has 126 valence electrons. The first-order valence-corrected chi connectivity index (χ1v) is 7.58. The monoisotopic (exact) mass is 430 g/mol. The summed E-state index contributed by atoms with van der Waals surface area (Å²) in [5, 5.41) is 2.94. The van der Waals surface area contributed by atoms with Crippen LogP contribution in [0.15, 0.2) is 35.3 Å². The van der Waals surface area contributed by atoms with Gasteiger partial charge in [-0.2, -0.15) is 0 Å². The van der Waals surface area contributed by atoms with Crippen molar-refractivity contribution in [2.45, 2.75) is 25.7 Å². The molecule has 1 aliphatic rings. The van der Waals surface area contributed by atoms with E-state index in [1.54, 1.807) is 0 Å². The second-order valence-electron chi connectivity index (χ2n) is 5.22. The highest BCUT2D eigenvalue weighted by Gasteiger charge is 2.24. The van der Waals surface area contributed by atoms with Crippen molar-refractivity contribution < 1.29 is 9.59 Å². The van der Waals surface area contributed by atoms with Crippen LogP contribution in [0, 0.1) is 0 Å². The number of rotatable bonds is 6. The molecule has 1 aromatic rings. The Morgan fingerprint density at radius 2 is 1.83 bits per heavy atom. The standard InChI is InChI=1S/C16H22N4O2.HI/c17-16(18-10-9-13-5-2-1-3-6-13)19-11-12-20-14(21)7-4-8-15(20)22;/h1-3,5-6H,4,7-12H2,(H3,17,18,19);1H. The van der Waals surface area contributed by atoms with Crippen molar-refractivity contribution >= 4 is 41.8 Å². The minimum absolute atomic E-state index is 0. The molecule has 23 heavy (non-hydrogen) atoms. The van der Waals surface area contributed by atoms with E-state index in [1.165, 1.54) is 10.5 Å². The van der Waals surface area contributed by atoms with Gasteiger partial charge in [0.05, 0.1) is 0 Å². The minimum atomic E-state index is -0.0994. The molecule has 3 N–H and O–H groups in total. The number of imide groups is 1. The summed E-state index contributed by atoms with van der Waals surface area (Å²) in [6, 6.07) is 10.1. The molecular weight excluding hydrogens is 407 g/mol. The maximum Gasteiger partial charge on any atom is 0.229 e. The number of guanidine groups is 1. The van der Waals surface area contributed by atoms with Crippen LogP contribution in [-0.4, -0.2) is 42.3 Å². The SMILES string of the molecule is I.NC(=NCCc1ccccc1)NCCN1C(=O)CCCC1=O. The topological polar surface area (TPSA) is 87.8 Å². The van der Waals surface area contributed by atoms with E-state index in [9.17, 15) is 9.59 Å². The molecule has 6 nitrogen and oxygen atoms in total. The van der Waals surface area contributed by atoms with Crippen LogP contribution < -0.4 is 11.1 Å². The zero-order valence-corrected chi connectivity index (χ0v) is 15.4. The van der Waals surface area contributed by atoms with Gasteiger partial charge < -0.3 is 11.1 Å². The van der Waals surface area contributed by atoms with Gasteiger partial charge in [0.1, 0.15) is 0 Å². The van der Waals surface area contributed by atoms with Crippen molar-refractivity contribution in [1.29, 1.82) is 0 Å². The number of carbonyl (C=O) groups is 2. The molecule has 1 aromatic carbocycles. The van der Waals surface area contributed by atoms with E-state index < -0.39 is 0 Å². The van der Waals surface area contributed by atoms with Crippen LogP contribution >= 0.6 is 24.0 Å². The number of hydrogen-bond acceptors (Lipinski definition) is 3. The predicted molar refractivity (Wildman–Crippen MR) is 101 cm³/mol. The summed E-state index contributed by atoms with van der Waals surface area (Å²) in [5.41, 5.74) is 6.98. The number of halogens is 1. The van der Waals surface area contributed by atoms with Crippen molar-refractivity contribution in [3.8, 4) is 0 Å². The van der Waals surface area contributed by atoms with Crippen LogP contribution in [0.25, 0.3) is 0 Å². The Hall–Kier alpha value is -1.64. The van der Waals surface area contributed by atoms with Gasteiger partial charge in [-0.3, -0.25) is 19.5 Å². The van der Waals surface area contributed by atoms with Crippen molar-refractivity contribution in [3.05, 3.63) is 35.9 Å². The van der Waals surface area contributed by atoms with Crippen LogP contribution in [0.5, 0.6) is 0 Å². The molecule has 7 heteroatoms. The van der Waals surface area contributed by atoms with Crippen LogP contribution in [0.4, 0.5) is 0 Å². The fourth-order valence-electron chi connectivity index (χ4n) is 2.35. The van der Waals surface area contributed by atoms with Crippen LogP contribution in [0.3, 0.4) is 0 Å². The van der Waals surface area contributed by atoms with E-state index in [0.29, 0.717) is 44.9 Å². The Bertz CT molecular complexity index is 532. The van der Waals surface area contributed by atoms with Gasteiger partial charge in [-0.25, -0.2) is 0 Å². The number of benzene rings is 1. The van der Waals surface area contributed by atoms with Crippen molar-refractivity contribution in [3.63, 3.8) is 0 Å². The van der Waals surface area contributed by atoms with E-state index in [1.807, 2.05) is 30.3 Å². The third-order valence-electron chi connectivity index (χ3n) is 3.55. The quantitative estimate of drug-likeness (QED) is 0.308. The van der Waals surface area contributed by atoms with Gasteiger partial charge in [-0.1, -0.05) is 30.3 Å². The molecule has 1 heterocycles. The van der Waals surface area contributed by atoms with E-state index in [2.05, 4.69) is 10.3 Å². The minimum Gasteiger partial charge on any atom is -0.370 e. The van der Waals surface area contributed by atoms with E-state index in [0.717, 1.165) is 6.42 Å². The fraction of sp³-hybridized carbons (Fsp3) is 0.438. The average Bonchev–Trinajstić information content (AvgIpc) is 2.51. The number of hydrogen-bond donors (Lipinski definition) is 2. The second-order valence-corrected chi connectivity index (χ2v) is 5.22. The molecule has 0 radical (unpaired) electrons. The maximum atomic E-state index is 11.6. The normalized spacial score (nSPS) is 15.3. The van der Waals surface area contributed by atoms with Gasteiger partial charge in [0.15, 0.2) is 5.96 Å². The lowest BCUT2D eigenvalue weighted by Crippen LogP contribution is -2.45. The van der Waals surface area contributed by atoms with Crippen molar-refractivity contribution in [2.24, 2.45) is 10.7 Å². The molecule has 0 unspecified atom stereocenters. The van der Waals surface area contributed by atoms with Crippen molar-refractivity contribution in [2.75, 3.05) is 19.6 Å². The van der Waals surface area contributed by atoms with Crippen LogP contribution in [0.2, 0.25) is 0 Å². The number of likely N-dealkylation sites (tertiary alicyclic amines) is 1. The Balaban J connectivity index is 0.00000264. The molecule has 0 atom stereocenters. The summed E-state index contributed by atoms with van der Waals surface area (Å²) >= 11 is 0. The zero-order valence-electron chi connectivity index (χ0n) is 13.0. The summed E-state index contributed by atoms with van der Waals surface area (Å²) in [6.07, 6.45) is 2.38. The number of carbonyl (C=O) groups excluding carboxylic acids is 2. The van der Waals surface area contributed by atoms with Gasteiger partial charge >= 0.3 is 0 Å². The van der Waals surface area contributed by atoms with E-state index in [4.69, 9.17) is 5.73 Å². The van der Waals surface area contributed by atoms with Gasteiger partial charge in [0.25, 0.3) is 0 Å². The lowest BCUT2D eigenvalue weighted by atomic mass is 10.1. The molecule has 0 aromatic heterocycles. The number of piperidine rings is 1. The maximum absolute atomic E-state index is 11.6. The highest BCUT2D eigenvalue weighted by atomic mass is 127. The molecule has 0 saturated carbocycles. The molecule has 0 spiro atoms. The smallest absolute Gasteiger partial charge is 0.229 e. The summed E-state index contributed by atoms with van der Waals surface area (Å²) in [5.74, 6) is 0.142. The molecule has 0 bridgehead atoms. The van der Waals surface area contributed by atoms with Gasteiger partial charge in [0, 0.05) is 32.5 Å². The summed E-state index contributed by atoms with van der Waals surface area (Å²) in [6.45, 7) is 1.37. The molecule has 1 aliphatic heterocycles. The first-order chi connectivity index (χ1) is 10.7. The van der Waals surface area contributed by atoms with Crippen LogP contribution in [-0.2, 0) is 16.0 Å². The number of nitrogens with one attached hydrogen (secondary N) is 1. The highest BCUT2D eigenvalue weighted by molar-refractivity contribution is 14.0. The summed E-state index contributed by atoms with van der Waals surface area (Å²) < 4.78 is 0. The second kappa shape index (κ2) is 10.2. The zero-order chi connectivity index (χ0) is 15.8. The third kappa shape index (κ3) is 6.55. The predicted octanol–water partition coefficient (Wildman–Crippen LogP) is 1.29.